The zero-order valence-corrected chi connectivity index (χ0v) is 11.8. The lowest BCUT2D eigenvalue weighted by Gasteiger charge is -2.24. The minimum Gasteiger partial charge on any atom is -0.380 e. The van der Waals surface area contributed by atoms with E-state index >= 15 is 0 Å². The summed E-state index contributed by atoms with van der Waals surface area (Å²) >= 11 is 0. The van der Waals surface area contributed by atoms with Crippen molar-refractivity contribution in [2.45, 2.75) is 25.7 Å². The Morgan fingerprint density at radius 1 is 1.26 bits per heavy atom. The van der Waals surface area contributed by atoms with Gasteiger partial charge in [0.2, 0.25) is 5.91 Å². The Morgan fingerprint density at radius 2 is 1.95 bits per heavy atom. The summed E-state index contributed by atoms with van der Waals surface area (Å²) in [6.07, 6.45) is 0.802. The molecule has 1 aromatic rings. The molecule has 4 heteroatoms. The molecule has 0 aliphatic heterocycles. The van der Waals surface area contributed by atoms with Crippen molar-refractivity contribution in [3.8, 4) is 0 Å². The van der Waals surface area contributed by atoms with Gasteiger partial charge in [-0.15, -0.1) is 0 Å². The quantitative estimate of drug-likeness (QED) is 0.698. The Hall–Kier alpha value is -1.39. The number of nitrogens with two attached hydrogens (primary N) is 1. The van der Waals surface area contributed by atoms with E-state index in [4.69, 9.17) is 10.5 Å². The predicted octanol–water partition coefficient (Wildman–Crippen LogP) is 1.45. The zero-order chi connectivity index (χ0) is 14.1. The van der Waals surface area contributed by atoms with Crippen molar-refractivity contribution in [1.29, 1.82) is 0 Å². The molecule has 0 fully saturated rings. The molecular formula is C15H24N2O2. The molecule has 0 radical (unpaired) electrons. The average molecular weight is 264 g/mol. The van der Waals surface area contributed by atoms with Gasteiger partial charge in [-0.3, -0.25) is 4.79 Å². The topological polar surface area (TPSA) is 64.3 Å². The van der Waals surface area contributed by atoms with Crippen molar-refractivity contribution in [2.75, 3.05) is 26.3 Å². The van der Waals surface area contributed by atoms with Crippen LogP contribution in [0.2, 0.25) is 0 Å². The van der Waals surface area contributed by atoms with Crippen LogP contribution in [0.1, 0.15) is 25.8 Å². The number of benzene rings is 1. The maximum atomic E-state index is 12.2. The van der Waals surface area contributed by atoms with Crippen molar-refractivity contribution >= 4 is 5.91 Å². The normalized spacial score (nSPS) is 11.3. The second-order valence-corrected chi connectivity index (χ2v) is 5.00. The maximum Gasteiger partial charge on any atom is 0.230 e. The van der Waals surface area contributed by atoms with Gasteiger partial charge in [-0.1, -0.05) is 30.3 Å². The van der Waals surface area contributed by atoms with Gasteiger partial charge in [0, 0.05) is 19.7 Å². The van der Waals surface area contributed by atoms with Crippen molar-refractivity contribution in [3.63, 3.8) is 0 Å². The second kappa shape index (κ2) is 7.92. The number of carbonyl (C=O) groups is 1. The first-order valence-corrected chi connectivity index (χ1v) is 6.70. The summed E-state index contributed by atoms with van der Waals surface area (Å²) in [5.74, 6) is 0.0394. The van der Waals surface area contributed by atoms with E-state index in [1.807, 2.05) is 44.2 Å². The Morgan fingerprint density at radius 3 is 2.58 bits per heavy atom. The van der Waals surface area contributed by atoms with Crippen LogP contribution in [0.15, 0.2) is 30.3 Å². The van der Waals surface area contributed by atoms with Crippen LogP contribution in [0.25, 0.3) is 0 Å². The van der Waals surface area contributed by atoms with Gasteiger partial charge in [0.15, 0.2) is 0 Å². The van der Waals surface area contributed by atoms with E-state index < -0.39 is 5.41 Å². The second-order valence-electron chi connectivity index (χ2n) is 5.00. The minimum atomic E-state index is -0.515. The molecule has 1 rings (SSSR count). The van der Waals surface area contributed by atoms with Gasteiger partial charge in [0.25, 0.3) is 0 Å². The third-order valence-electron chi connectivity index (χ3n) is 3.08. The lowest BCUT2D eigenvalue weighted by atomic mass is 9.84. The molecule has 0 aromatic heterocycles. The molecule has 19 heavy (non-hydrogen) atoms. The highest BCUT2D eigenvalue weighted by atomic mass is 16.5. The van der Waals surface area contributed by atoms with E-state index in [9.17, 15) is 4.79 Å². The molecule has 1 aromatic carbocycles. The molecule has 4 nitrogen and oxygen atoms in total. The van der Waals surface area contributed by atoms with Gasteiger partial charge in [0.1, 0.15) is 0 Å². The Balaban J connectivity index is 2.36. The summed E-state index contributed by atoms with van der Waals surface area (Å²) < 4.78 is 5.26. The maximum absolute atomic E-state index is 12.2. The van der Waals surface area contributed by atoms with Crippen molar-refractivity contribution in [3.05, 3.63) is 35.9 Å². The van der Waals surface area contributed by atoms with E-state index in [0.29, 0.717) is 26.3 Å². The lowest BCUT2D eigenvalue weighted by molar-refractivity contribution is -0.125. The van der Waals surface area contributed by atoms with Crippen molar-refractivity contribution in [2.24, 2.45) is 5.73 Å². The molecule has 3 N–H and O–H groups in total. The predicted molar refractivity (Wildman–Crippen MR) is 77.0 cm³/mol. The minimum absolute atomic E-state index is 0.0394. The summed E-state index contributed by atoms with van der Waals surface area (Å²) in [5, 5.41) is 2.95. The third kappa shape index (κ3) is 5.01. The summed E-state index contributed by atoms with van der Waals surface area (Å²) in [7, 11) is 0. The zero-order valence-electron chi connectivity index (χ0n) is 11.8. The van der Waals surface area contributed by atoms with Gasteiger partial charge in [0.05, 0.1) is 12.0 Å². The monoisotopic (exact) mass is 264 g/mol. The van der Waals surface area contributed by atoms with Gasteiger partial charge >= 0.3 is 0 Å². The van der Waals surface area contributed by atoms with Gasteiger partial charge in [-0.05, 0) is 25.8 Å². The van der Waals surface area contributed by atoms with Crippen LogP contribution in [0, 0.1) is 0 Å². The summed E-state index contributed by atoms with van der Waals surface area (Å²) in [6.45, 7) is 6.23. The van der Waals surface area contributed by atoms with Gasteiger partial charge in [-0.2, -0.15) is 0 Å². The van der Waals surface area contributed by atoms with E-state index in [1.54, 1.807) is 0 Å². The van der Waals surface area contributed by atoms with Crippen molar-refractivity contribution < 1.29 is 9.53 Å². The standard InChI is InChI=1S/C15H24N2O2/c1-15(2,13-7-4-3-5-8-13)14(18)17-10-6-11-19-12-9-16/h3-5,7-8H,6,9-12,16H2,1-2H3,(H,17,18). The molecule has 0 saturated heterocycles. The Kier molecular flexibility index (Phi) is 6.53. The van der Waals surface area contributed by atoms with Crippen LogP contribution in [-0.4, -0.2) is 32.2 Å². The van der Waals surface area contributed by atoms with Crippen LogP contribution in [0.5, 0.6) is 0 Å². The highest BCUT2D eigenvalue weighted by molar-refractivity contribution is 5.87. The number of hydrogen-bond donors (Lipinski definition) is 2. The van der Waals surface area contributed by atoms with Crippen LogP contribution < -0.4 is 11.1 Å². The molecule has 106 valence electrons. The Labute approximate surface area is 115 Å². The summed E-state index contributed by atoms with van der Waals surface area (Å²) in [4.78, 5) is 12.2. The highest BCUT2D eigenvalue weighted by Crippen LogP contribution is 2.22. The average Bonchev–Trinajstić information content (AvgIpc) is 2.43. The fourth-order valence-corrected chi connectivity index (χ4v) is 1.77. The lowest BCUT2D eigenvalue weighted by Crippen LogP contribution is -2.40. The fraction of sp³-hybridized carbons (Fsp3) is 0.533. The van der Waals surface area contributed by atoms with E-state index in [1.165, 1.54) is 0 Å². The Bertz CT molecular complexity index is 377. The summed E-state index contributed by atoms with van der Waals surface area (Å²) in [5.41, 5.74) is 5.82. The molecule has 1 amide bonds. The van der Waals surface area contributed by atoms with Gasteiger partial charge in [-0.25, -0.2) is 0 Å². The molecule has 0 unspecified atom stereocenters. The largest absolute Gasteiger partial charge is 0.380 e. The number of ether oxygens (including phenoxy) is 1. The first-order valence-electron chi connectivity index (χ1n) is 6.70. The molecule has 0 bridgehead atoms. The van der Waals surface area contributed by atoms with E-state index in [2.05, 4.69) is 5.32 Å². The van der Waals surface area contributed by atoms with Gasteiger partial charge < -0.3 is 15.8 Å². The number of carbonyl (C=O) groups excluding carboxylic acids is 1. The first-order chi connectivity index (χ1) is 9.09. The third-order valence-corrected chi connectivity index (χ3v) is 3.08. The molecular weight excluding hydrogens is 240 g/mol. The fourth-order valence-electron chi connectivity index (χ4n) is 1.77. The van der Waals surface area contributed by atoms with Crippen LogP contribution in [0.3, 0.4) is 0 Å². The van der Waals surface area contributed by atoms with Crippen LogP contribution in [0.4, 0.5) is 0 Å². The van der Waals surface area contributed by atoms with E-state index in [-0.39, 0.29) is 5.91 Å². The van der Waals surface area contributed by atoms with E-state index in [0.717, 1.165) is 12.0 Å². The number of hydrogen-bond acceptors (Lipinski definition) is 3. The van der Waals surface area contributed by atoms with Crippen molar-refractivity contribution in [1.82, 2.24) is 5.32 Å². The number of amides is 1. The SMILES string of the molecule is CC(C)(C(=O)NCCCOCCN)c1ccccc1. The molecule has 0 aliphatic rings. The highest BCUT2D eigenvalue weighted by Gasteiger charge is 2.28. The summed E-state index contributed by atoms with van der Waals surface area (Å²) in [6, 6.07) is 9.80. The molecule has 0 saturated carbocycles. The van der Waals surface area contributed by atoms with Crippen LogP contribution in [-0.2, 0) is 14.9 Å². The molecule has 0 atom stereocenters. The molecule has 0 heterocycles. The number of nitrogens with one attached hydrogen (secondary N) is 1. The molecule has 0 aliphatic carbocycles. The molecule has 0 spiro atoms. The van der Waals surface area contributed by atoms with Crippen LogP contribution >= 0.6 is 0 Å². The smallest absolute Gasteiger partial charge is 0.230 e. The number of rotatable bonds is 8. The first kappa shape index (κ1) is 15.7.